The number of hydrogen-bond acceptors (Lipinski definition) is 6. The predicted octanol–water partition coefficient (Wildman–Crippen LogP) is 4.09. The molecule has 0 saturated carbocycles. The summed E-state index contributed by atoms with van der Waals surface area (Å²) in [6.45, 7) is 10.5. The lowest BCUT2D eigenvalue weighted by atomic mass is 9.98. The molecule has 2 atom stereocenters. The lowest BCUT2D eigenvalue weighted by Gasteiger charge is -2.27. The summed E-state index contributed by atoms with van der Waals surface area (Å²) in [5.41, 5.74) is 3.15. The van der Waals surface area contributed by atoms with E-state index in [0.717, 1.165) is 22.3 Å². The Bertz CT molecular complexity index is 1100. The van der Waals surface area contributed by atoms with Gasteiger partial charge in [0.25, 0.3) is 0 Å². The van der Waals surface area contributed by atoms with E-state index in [1.807, 2.05) is 69.3 Å². The van der Waals surface area contributed by atoms with Gasteiger partial charge in [0, 0.05) is 5.92 Å². The standard InChI is InChI=1S/C29H38N2O7/c1-28(2,3)37-16-23(25(32)30-24(26(33)34)17-38-29(4,5)6)31-27(35)36-15-22-20-13-9-7-11-18(20)19-12-8-10-14-21(19)22/h7-14,22-24H,15-17H2,1-6H3,(H,30,32)(H,31,35)(H,33,34). The number of carbonyl (C=O) groups is 3. The Balaban J connectivity index is 1.68. The molecule has 0 aliphatic heterocycles. The molecule has 0 radical (unpaired) electrons. The average Bonchev–Trinajstić information content (AvgIpc) is 3.15. The molecular formula is C29H38N2O7. The van der Waals surface area contributed by atoms with Gasteiger partial charge in [-0.3, -0.25) is 4.79 Å². The third kappa shape index (κ3) is 8.03. The second-order valence-corrected chi connectivity index (χ2v) is 11.3. The van der Waals surface area contributed by atoms with E-state index in [2.05, 4.69) is 10.6 Å². The first-order chi connectivity index (χ1) is 17.7. The topological polar surface area (TPSA) is 123 Å². The third-order valence-corrected chi connectivity index (χ3v) is 5.93. The van der Waals surface area contributed by atoms with Crippen LogP contribution in [0, 0.1) is 0 Å². The average molecular weight is 527 g/mol. The molecule has 9 nitrogen and oxygen atoms in total. The van der Waals surface area contributed by atoms with Gasteiger partial charge in [0.05, 0.1) is 24.4 Å². The number of amides is 2. The number of benzene rings is 2. The molecule has 0 spiro atoms. The van der Waals surface area contributed by atoms with Crippen molar-refractivity contribution in [3.05, 3.63) is 59.7 Å². The molecule has 206 valence electrons. The van der Waals surface area contributed by atoms with Crippen LogP contribution in [-0.4, -0.2) is 66.2 Å². The summed E-state index contributed by atoms with van der Waals surface area (Å²) in [6, 6.07) is 13.5. The zero-order chi connectivity index (χ0) is 28.1. The molecule has 3 N–H and O–H groups in total. The maximum absolute atomic E-state index is 13.0. The van der Waals surface area contributed by atoms with E-state index < -0.39 is 41.3 Å². The summed E-state index contributed by atoms with van der Waals surface area (Å²) < 4.78 is 16.8. The summed E-state index contributed by atoms with van der Waals surface area (Å²) in [5, 5.41) is 14.6. The summed E-state index contributed by atoms with van der Waals surface area (Å²) in [4.78, 5) is 37.6. The van der Waals surface area contributed by atoms with Crippen molar-refractivity contribution in [1.29, 1.82) is 0 Å². The fraction of sp³-hybridized carbons (Fsp3) is 0.483. The summed E-state index contributed by atoms with van der Waals surface area (Å²) in [5.74, 6) is -2.11. The van der Waals surface area contributed by atoms with Crippen LogP contribution in [0.5, 0.6) is 0 Å². The molecule has 1 aliphatic carbocycles. The zero-order valence-electron chi connectivity index (χ0n) is 22.9. The molecule has 1 aliphatic rings. The number of carboxylic acid groups (broad SMARTS) is 1. The quantitative estimate of drug-likeness (QED) is 0.426. The highest BCUT2D eigenvalue weighted by atomic mass is 16.6. The molecule has 3 rings (SSSR count). The lowest BCUT2D eigenvalue weighted by Crippen LogP contribution is -2.55. The Morgan fingerprint density at radius 1 is 0.789 bits per heavy atom. The molecule has 2 aromatic carbocycles. The van der Waals surface area contributed by atoms with E-state index in [1.165, 1.54) is 0 Å². The van der Waals surface area contributed by atoms with Crippen LogP contribution in [0.15, 0.2) is 48.5 Å². The van der Waals surface area contributed by atoms with Crippen LogP contribution in [0.3, 0.4) is 0 Å². The van der Waals surface area contributed by atoms with Gasteiger partial charge in [-0.1, -0.05) is 48.5 Å². The van der Waals surface area contributed by atoms with Crippen LogP contribution in [0.1, 0.15) is 58.6 Å². The number of hydrogen-bond donors (Lipinski definition) is 3. The minimum absolute atomic E-state index is 0.0749. The van der Waals surface area contributed by atoms with E-state index in [-0.39, 0.29) is 25.7 Å². The van der Waals surface area contributed by atoms with Crippen molar-refractivity contribution in [3.63, 3.8) is 0 Å². The largest absolute Gasteiger partial charge is 0.480 e. The maximum atomic E-state index is 13.0. The molecule has 38 heavy (non-hydrogen) atoms. The lowest BCUT2D eigenvalue weighted by molar-refractivity contribution is -0.146. The van der Waals surface area contributed by atoms with Crippen LogP contribution in [0.4, 0.5) is 4.79 Å². The van der Waals surface area contributed by atoms with E-state index in [1.54, 1.807) is 20.8 Å². The van der Waals surface area contributed by atoms with Gasteiger partial charge in [0.1, 0.15) is 12.6 Å². The monoisotopic (exact) mass is 526 g/mol. The first kappa shape index (κ1) is 29.1. The van der Waals surface area contributed by atoms with Crippen molar-refractivity contribution in [2.75, 3.05) is 19.8 Å². The number of carboxylic acids is 1. The molecule has 9 heteroatoms. The van der Waals surface area contributed by atoms with Crippen LogP contribution in [-0.2, 0) is 23.8 Å². The molecule has 0 heterocycles. The van der Waals surface area contributed by atoms with Gasteiger partial charge in [0.15, 0.2) is 6.04 Å². The number of alkyl carbamates (subject to hydrolysis) is 1. The minimum atomic E-state index is -1.30. The van der Waals surface area contributed by atoms with Gasteiger partial charge in [-0.2, -0.15) is 0 Å². The van der Waals surface area contributed by atoms with Gasteiger partial charge in [-0.05, 0) is 63.8 Å². The minimum Gasteiger partial charge on any atom is -0.480 e. The Kier molecular flexibility index (Phi) is 9.17. The molecule has 2 aromatic rings. The van der Waals surface area contributed by atoms with Crippen LogP contribution in [0.25, 0.3) is 11.1 Å². The highest BCUT2D eigenvalue weighted by Gasteiger charge is 2.32. The van der Waals surface area contributed by atoms with Crippen molar-refractivity contribution >= 4 is 18.0 Å². The van der Waals surface area contributed by atoms with Crippen molar-refractivity contribution in [2.45, 2.75) is 70.7 Å². The molecule has 0 saturated heterocycles. The van der Waals surface area contributed by atoms with Crippen molar-refractivity contribution in [2.24, 2.45) is 0 Å². The number of nitrogens with one attached hydrogen (secondary N) is 2. The Labute approximate surface area is 223 Å². The van der Waals surface area contributed by atoms with Gasteiger partial charge in [-0.15, -0.1) is 0 Å². The first-order valence-electron chi connectivity index (χ1n) is 12.7. The van der Waals surface area contributed by atoms with Crippen molar-refractivity contribution in [3.8, 4) is 11.1 Å². The molecule has 0 fully saturated rings. The number of aliphatic carboxylic acids is 1. The second-order valence-electron chi connectivity index (χ2n) is 11.3. The molecule has 2 amide bonds. The second kappa shape index (κ2) is 12.0. The highest BCUT2D eigenvalue weighted by Crippen LogP contribution is 2.44. The van der Waals surface area contributed by atoms with Crippen molar-refractivity contribution in [1.82, 2.24) is 10.6 Å². The summed E-state index contributed by atoms with van der Waals surface area (Å²) >= 11 is 0. The third-order valence-electron chi connectivity index (χ3n) is 5.93. The summed E-state index contributed by atoms with van der Waals surface area (Å²) in [7, 11) is 0. The highest BCUT2D eigenvalue weighted by molar-refractivity contribution is 5.89. The smallest absolute Gasteiger partial charge is 0.407 e. The van der Waals surface area contributed by atoms with Crippen LogP contribution >= 0.6 is 0 Å². The molecular weight excluding hydrogens is 488 g/mol. The maximum Gasteiger partial charge on any atom is 0.407 e. The van der Waals surface area contributed by atoms with E-state index in [0.29, 0.717) is 0 Å². The molecule has 0 aromatic heterocycles. The summed E-state index contributed by atoms with van der Waals surface area (Å²) in [6.07, 6.45) is -0.803. The SMILES string of the molecule is CC(C)(C)OCC(NC(=O)C(COC(C)(C)C)NC(=O)OCC1c2ccccc2-c2ccccc21)C(=O)O. The number of fused-ring (bicyclic) bond motifs is 3. The van der Waals surface area contributed by atoms with Crippen molar-refractivity contribution < 1.29 is 33.7 Å². The van der Waals surface area contributed by atoms with E-state index >= 15 is 0 Å². The van der Waals surface area contributed by atoms with Crippen LogP contribution < -0.4 is 10.6 Å². The van der Waals surface area contributed by atoms with E-state index in [9.17, 15) is 19.5 Å². The normalized spacial score (nSPS) is 14.7. The van der Waals surface area contributed by atoms with Gasteiger partial charge in [0.2, 0.25) is 5.91 Å². The Hall–Kier alpha value is -3.43. The van der Waals surface area contributed by atoms with Gasteiger partial charge in [-0.25, -0.2) is 9.59 Å². The number of rotatable bonds is 10. The van der Waals surface area contributed by atoms with E-state index in [4.69, 9.17) is 14.2 Å². The fourth-order valence-corrected chi connectivity index (χ4v) is 4.08. The fourth-order valence-electron chi connectivity index (χ4n) is 4.08. The predicted molar refractivity (Wildman–Crippen MR) is 143 cm³/mol. The molecule has 2 unspecified atom stereocenters. The Morgan fingerprint density at radius 3 is 1.74 bits per heavy atom. The number of ether oxygens (including phenoxy) is 3. The zero-order valence-corrected chi connectivity index (χ0v) is 22.9. The number of carbonyl (C=O) groups excluding carboxylic acids is 2. The van der Waals surface area contributed by atoms with Crippen LogP contribution in [0.2, 0.25) is 0 Å². The molecule has 0 bridgehead atoms. The van der Waals surface area contributed by atoms with Gasteiger partial charge < -0.3 is 30.0 Å². The Morgan fingerprint density at radius 2 is 1.26 bits per heavy atom. The first-order valence-corrected chi connectivity index (χ1v) is 12.7. The van der Waals surface area contributed by atoms with Gasteiger partial charge >= 0.3 is 12.1 Å².